The fourth-order valence-electron chi connectivity index (χ4n) is 4.93. The number of ether oxygens (including phenoxy) is 1. The molecular weight excluding hydrogens is 390 g/mol. The summed E-state index contributed by atoms with van der Waals surface area (Å²) in [4.78, 5) is 20.6. The summed E-state index contributed by atoms with van der Waals surface area (Å²) in [6.07, 6.45) is 16.2. The van der Waals surface area contributed by atoms with E-state index in [4.69, 9.17) is 9.72 Å². The van der Waals surface area contributed by atoms with Gasteiger partial charge in [-0.3, -0.25) is 0 Å². The fraction of sp³-hybridized carbons (Fsp3) is 0.478. The molecule has 0 aromatic carbocycles. The maximum Gasteiger partial charge on any atom is 0.230 e. The van der Waals surface area contributed by atoms with Crippen LogP contribution in [0.5, 0.6) is 5.75 Å². The monoisotopic (exact) mass is 417 g/mol. The number of imidazole rings is 1. The maximum atomic E-state index is 6.01. The number of hydrogen-bond acceptors (Lipinski definition) is 7. The summed E-state index contributed by atoms with van der Waals surface area (Å²) in [6, 6.07) is 3.97. The van der Waals surface area contributed by atoms with Crippen molar-refractivity contribution in [2.24, 2.45) is 0 Å². The van der Waals surface area contributed by atoms with Gasteiger partial charge in [-0.2, -0.15) is 4.98 Å². The highest BCUT2D eigenvalue weighted by Crippen LogP contribution is 2.43. The summed E-state index contributed by atoms with van der Waals surface area (Å²) in [6.45, 7) is 0.715. The third-order valence-electron chi connectivity index (χ3n) is 7.21. The van der Waals surface area contributed by atoms with Crippen molar-refractivity contribution in [1.29, 1.82) is 0 Å². The first-order chi connectivity index (χ1) is 15.2. The third kappa shape index (κ3) is 3.21. The van der Waals surface area contributed by atoms with Gasteiger partial charge in [0.05, 0.1) is 35.6 Å². The Hall–Kier alpha value is -3.16. The number of aromatic nitrogens is 5. The molecule has 160 valence electrons. The molecule has 1 N–H and O–H groups in total. The molecule has 1 spiro atoms. The zero-order valence-electron chi connectivity index (χ0n) is 17.8. The van der Waals surface area contributed by atoms with Gasteiger partial charge in [0.2, 0.25) is 5.95 Å². The smallest absolute Gasteiger partial charge is 0.230 e. The molecule has 8 nitrogen and oxygen atoms in total. The van der Waals surface area contributed by atoms with E-state index in [1.54, 1.807) is 6.20 Å². The van der Waals surface area contributed by atoms with Crippen LogP contribution in [0.2, 0.25) is 0 Å². The maximum absolute atomic E-state index is 6.01. The Morgan fingerprint density at radius 2 is 1.94 bits per heavy atom. The number of nitrogens with zero attached hydrogens (tertiary/aromatic N) is 6. The molecule has 3 aliphatic rings. The van der Waals surface area contributed by atoms with Gasteiger partial charge in [-0.1, -0.05) is 19.3 Å². The highest BCUT2D eigenvalue weighted by Gasteiger charge is 2.43. The van der Waals surface area contributed by atoms with Crippen molar-refractivity contribution in [1.82, 2.24) is 24.5 Å². The lowest BCUT2D eigenvalue weighted by Crippen LogP contribution is -2.52. The van der Waals surface area contributed by atoms with Crippen molar-refractivity contribution in [3.05, 3.63) is 42.7 Å². The van der Waals surface area contributed by atoms with E-state index in [1.807, 2.05) is 29.2 Å². The molecule has 4 heterocycles. The normalized spacial score (nSPS) is 19.7. The first-order valence-corrected chi connectivity index (χ1v) is 11.2. The summed E-state index contributed by atoms with van der Waals surface area (Å²) in [5.74, 6) is 3.46. The number of anilines is 3. The van der Waals surface area contributed by atoms with E-state index >= 15 is 0 Å². The number of fused-ring (bicyclic) bond motifs is 1. The Bertz CT molecular complexity index is 1080. The van der Waals surface area contributed by atoms with Crippen molar-refractivity contribution in [3.63, 3.8) is 0 Å². The molecule has 0 saturated heterocycles. The van der Waals surface area contributed by atoms with E-state index in [0.717, 1.165) is 30.1 Å². The summed E-state index contributed by atoms with van der Waals surface area (Å²) in [5, 5.41) is 3.23. The lowest BCUT2D eigenvalue weighted by Gasteiger charge is -2.43. The standard InChI is InChI=1S/C23H27N7O/c1-29-21-19(31-14-23(29)9-2-3-10-23)12-25-22(28-21)27-20-8-7-17(11-24-20)30-13-18(26-15-30)16-5-4-6-16/h7-8,11-13,15-16H,2-6,9-10,14H2,1H3,(H,24,25,27,28). The van der Waals surface area contributed by atoms with Gasteiger partial charge < -0.3 is 19.5 Å². The van der Waals surface area contributed by atoms with Crippen LogP contribution in [-0.4, -0.2) is 43.7 Å². The van der Waals surface area contributed by atoms with E-state index in [0.29, 0.717) is 24.3 Å². The third-order valence-corrected chi connectivity index (χ3v) is 7.21. The van der Waals surface area contributed by atoms with Crippen LogP contribution >= 0.6 is 0 Å². The Balaban J connectivity index is 1.19. The van der Waals surface area contributed by atoms with Crippen LogP contribution in [-0.2, 0) is 0 Å². The molecule has 2 fully saturated rings. The molecule has 8 heteroatoms. The Morgan fingerprint density at radius 3 is 2.68 bits per heavy atom. The molecule has 0 bridgehead atoms. The van der Waals surface area contributed by atoms with E-state index in [1.165, 1.54) is 37.8 Å². The highest BCUT2D eigenvalue weighted by atomic mass is 16.5. The zero-order chi connectivity index (χ0) is 20.8. The number of hydrogen-bond donors (Lipinski definition) is 1. The van der Waals surface area contributed by atoms with E-state index < -0.39 is 0 Å². The molecular formula is C23H27N7O. The quantitative estimate of drug-likeness (QED) is 0.681. The van der Waals surface area contributed by atoms with Crippen LogP contribution in [0, 0.1) is 0 Å². The number of rotatable bonds is 4. The van der Waals surface area contributed by atoms with E-state index in [9.17, 15) is 0 Å². The summed E-state index contributed by atoms with van der Waals surface area (Å²) in [5.41, 5.74) is 2.25. The van der Waals surface area contributed by atoms with Gasteiger partial charge >= 0.3 is 0 Å². The molecule has 3 aromatic heterocycles. The van der Waals surface area contributed by atoms with Crippen molar-refractivity contribution < 1.29 is 4.74 Å². The lowest BCUT2D eigenvalue weighted by atomic mass is 9.83. The molecule has 31 heavy (non-hydrogen) atoms. The van der Waals surface area contributed by atoms with Crippen LogP contribution in [0.25, 0.3) is 5.69 Å². The van der Waals surface area contributed by atoms with E-state index in [-0.39, 0.29) is 5.54 Å². The van der Waals surface area contributed by atoms with Gasteiger partial charge in [0.15, 0.2) is 11.6 Å². The summed E-state index contributed by atoms with van der Waals surface area (Å²) >= 11 is 0. The highest BCUT2D eigenvalue weighted by molar-refractivity contribution is 5.60. The van der Waals surface area contributed by atoms with Gasteiger partial charge in [-0.15, -0.1) is 0 Å². The molecule has 2 aliphatic carbocycles. The number of nitrogens with one attached hydrogen (secondary N) is 1. The van der Waals surface area contributed by atoms with Crippen molar-refractivity contribution in [2.45, 2.75) is 56.4 Å². The van der Waals surface area contributed by atoms with Crippen LogP contribution < -0.4 is 15.0 Å². The molecule has 6 rings (SSSR count). The second-order valence-corrected chi connectivity index (χ2v) is 9.02. The molecule has 2 saturated carbocycles. The van der Waals surface area contributed by atoms with Gasteiger partial charge in [0.1, 0.15) is 12.4 Å². The summed E-state index contributed by atoms with van der Waals surface area (Å²) in [7, 11) is 2.12. The molecule has 3 aromatic rings. The first kappa shape index (κ1) is 18.6. The molecule has 0 unspecified atom stereocenters. The number of likely N-dealkylation sites (N-methyl/N-ethyl adjacent to an activating group) is 1. The molecule has 0 atom stereocenters. The largest absolute Gasteiger partial charge is 0.486 e. The molecule has 0 amide bonds. The van der Waals surface area contributed by atoms with Crippen LogP contribution in [0.3, 0.4) is 0 Å². The Kier molecular flexibility index (Phi) is 4.33. The molecule has 0 radical (unpaired) electrons. The van der Waals surface area contributed by atoms with Crippen LogP contribution in [0.15, 0.2) is 37.1 Å². The van der Waals surface area contributed by atoms with Crippen molar-refractivity contribution in [2.75, 3.05) is 23.9 Å². The van der Waals surface area contributed by atoms with Crippen molar-refractivity contribution >= 4 is 17.6 Å². The lowest BCUT2D eigenvalue weighted by molar-refractivity contribution is 0.192. The second kappa shape index (κ2) is 7.21. The number of pyridine rings is 1. The van der Waals surface area contributed by atoms with Crippen molar-refractivity contribution in [3.8, 4) is 11.4 Å². The SMILES string of the molecule is CN1c2nc(Nc3ccc(-n4cnc(C5CCC5)c4)cn3)ncc2OCC12CCCC2. The Labute approximate surface area is 181 Å². The summed E-state index contributed by atoms with van der Waals surface area (Å²) < 4.78 is 8.05. The van der Waals surface area contributed by atoms with Crippen LogP contribution in [0.4, 0.5) is 17.6 Å². The average molecular weight is 418 g/mol. The van der Waals surface area contributed by atoms with Gasteiger partial charge in [0, 0.05) is 19.2 Å². The zero-order valence-corrected chi connectivity index (χ0v) is 17.8. The minimum Gasteiger partial charge on any atom is -0.486 e. The average Bonchev–Trinajstić information content (AvgIpc) is 3.42. The Morgan fingerprint density at radius 1 is 1.06 bits per heavy atom. The van der Waals surface area contributed by atoms with E-state index in [2.05, 4.69) is 38.4 Å². The molecule has 1 aliphatic heterocycles. The predicted octanol–water partition coefficient (Wildman–Crippen LogP) is 4.21. The minimum absolute atomic E-state index is 0.0711. The van der Waals surface area contributed by atoms with Gasteiger partial charge in [0.25, 0.3) is 0 Å². The fourth-order valence-corrected chi connectivity index (χ4v) is 4.93. The van der Waals surface area contributed by atoms with Crippen LogP contribution in [0.1, 0.15) is 56.6 Å². The first-order valence-electron chi connectivity index (χ1n) is 11.2. The van der Waals surface area contributed by atoms with Gasteiger partial charge in [-0.05, 0) is 37.8 Å². The second-order valence-electron chi connectivity index (χ2n) is 9.02. The topological polar surface area (TPSA) is 81.0 Å². The van der Waals surface area contributed by atoms with Gasteiger partial charge in [-0.25, -0.2) is 15.0 Å². The predicted molar refractivity (Wildman–Crippen MR) is 118 cm³/mol. The minimum atomic E-state index is 0.0711.